The van der Waals surface area contributed by atoms with Crippen molar-refractivity contribution < 1.29 is 4.74 Å². The van der Waals surface area contributed by atoms with Gasteiger partial charge in [0.1, 0.15) is 23.0 Å². The first-order valence-electron chi connectivity index (χ1n) is 17.2. The molecule has 0 aliphatic carbocycles. The van der Waals surface area contributed by atoms with E-state index < -0.39 is 0 Å². The molecule has 0 atom stereocenters. The first-order chi connectivity index (χ1) is 24.1. The number of fused-ring (bicyclic) bond motifs is 3. The number of benzene rings is 5. The SMILES string of the molecule is Cc1cc(C)c(-c2nn(-c3cccc(Oc4ccc5c6ccccc6n(-c6cc(C(C)(C)C)ccn6)c5c4)c3)cc2-c2ccccc2)c(C)c1. The highest BCUT2D eigenvalue weighted by Crippen LogP contribution is 2.38. The van der Waals surface area contributed by atoms with Gasteiger partial charge < -0.3 is 4.74 Å². The van der Waals surface area contributed by atoms with Crippen LogP contribution in [0.1, 0.15) is 43.0 Å². The number of pyridine rings is 1. The Morgan fingerprint density at radius 1 is 0.640 bits per heavy atom. The van der Waals surface area contributed by atoms with Crippen molar-refractivity contribution in [2.75, 3.05) is 0 Å². The Morgan fingerprint density at radius 2 is 1.36 bits per heavy atom. The monoisotopic (exact) mass is 652 g/mol. The predicted molar refractivity (Wildman–Crippen MR) is 206 cm³/mol. The zero-order valence-electron chi connectivity index (χ0n) is 29.4. The molecule has 5 nitrogen and oxygen atoms in total. The molecule has 0 aliphatic rings. The molecule has 8 aromatic rings. The van der Waals surface area contributed by atoms with Crippen LogP contribution in [0, 0.1) is 20.8 Å². The van der Waals surface area contributed by atoms with E-state index >= 15 is 0 Å². The summed E-state index contributed by atoms with van der Waals surface area (Å²) in [5, 5.41) is 7.55. The maximum absolute atomic E-state index is 6.60. The molecule has 0 radical (unpaired) electrons. The van der Waals surface area contributed by atoms with Gasteiger partial charge in [0.2, 0.25) is 0 Å². The lowest BCUT2D eigenvalue weighted by Crippen LogP contribution is -2.12. The quantitative estimate of drug-likeness (QED) is 0.180. The van der Waals surface area contributed by atoms with Gasteiger partial charge in [-0.15, -0.1) is 0 Å². The van der Waals surface area contributed by atoms with Gasteiger partial charge in [0.15, 0.2) is 0 Å². The van der Waals surface area contributed by atoms with E-state index in [2.05, 4.69) is 149 Å². The normalized spacial score (nSPS) is 11.8. The van der Waals surface area contributed by atoms with E-state index in [4.69, 9.17) is 14.8 Å². The van der Waals surface area contributed by atoms with Gasteiger partial charge in [-0.05, 0) is 90.9 Å². The van der Waals surface area contributed by atoms with Crippen LogP contribution >= 0.6 is 0 Å². The Bertz CT molecular complexity index is 2510. The Balaban J connectivity index is 1.20. The highest BCUT2D eigenvalue weighted by molar-refractivity contribution is 6.09. The summed E-state index contributed by atoms with van der Waals surface area (Å²) in [5.41, 5.74) is 12.4. The minimum Gasteiger partial charge on any atom is -0.457 e. The zero-order valence-corrected chi connectivity index (χ0v) is 29.4. The topological polar surface area (TPSA) is 44.9 Å². The zero-order chi connectivity index (χ0) is 34.6. The molecule has 0 saturated heterocycles. The van der Waals surface area contributed by atoms with E-state index in [1.54, 1.807) is 0 Å². The number of rotatable bonds is 6. The third-order valence-electron chi connectivity index (χ3n) is 9.52. The van der Waals surface area contributed by atoms with Gasteiger partial charge in [-0.1, -0.05) is 93.1 Å². The van der Waals surface area contributed by atoms with Crippen LogP contribution in [0.15, 0.2) is 134 Å². The number of para-hydroxylation sites is 1. The lowest BCUT2D eigenvalue weighted by molar-refractivity contribution is 0.483. The van der Waals surface area contributed by atoms with Crippen molar-refractivity contribution in [3.05, 3.63) is 156 Å². The molecule has 0 bridgehead atoms. The van der Waals surface area contributed by atoms with Gasteiger partial charge in [-0.3, -0.25) is 4.57 Å². The molecule has 3 aromatic heterocycles. The highest BCUT2D eigenvalue weighted by Gasteiger charge is 2.20. The van der Waals surface area contributed by atoms with Gasteiger partial charge >= 0.3 is 0 Å². The summed E-state index contributed by atoms with van der Waals surface area (Å²) in [6, 6.07) is 42.2. The molecule has 8 rings (SSSR count). The number of aromatic nitrogens is 4. The van der Waals surface area contributed by atoms with Crippen LogP contribution in [0.25, 0.3) is 55.7 Å². The molecule has 246 valence electrons. The smallest absolute Gasteiger partial charge is 0.137 e. The van der Waals surface area contributed by atoms with Gasteiger partial charge in [-0.25, -0.2) is 9.67 Å². The second kappa shape index (κ2) is 12.2. The number of hydrogen-bond donors (Lipinski definition) is 0. The predicted octanol–water partition coefficient (Wildman–Crippen LogP) is 11.7. The van der Waals surface area contributed by atoms with Crippen molar-refractivity contribution in [2.24, 2.45) is 0 Å². The molecular formula is C45H40N4O. The van der Waals surface area contributed by atoms with Gasteiger partial charge in [0, 0.05) is 46.4 Å². The molecule has 0 N–H and O–H groups in total. The summed E-state index contributed by atoms with van der Waals surface area (Å²) in [6.45, 7) is 13.2. The van der Waals surface area contributed by atoms with Crippen molar-refractivity contribution in [1.29, 1.82) is 0 Å². The van der Waals surface area contributed by atoms with Crippen LogP contribution in [0.3, 0.4) is 0 Å². The van der Waals surface area contributed by atoms with E-state index in [0.717, 1.165) is 56.2 Å². The van der Waals surface area contributed by atoms with Crippen LogP contribution in [0.4, 0.5) is 0 Å². The largest absolute Gasteiger partial charge is 0.457 e. The van der Waals surface area contributed by atoms with Crippen molar-refractivity contribution in [3.8, 4) is 45.4 Å². The summed E-state index contributed by atoms with van der Waals surface area (Å²) < 4.78 is 10.8. The average molecular weight is 653 g/mol. The van der Waals surface area contributed by atoms with Gasteiger partial charge in [0.25, 0.3) is 0 Å². The Kier molecular flexibility index (Phi) is 7.64. The van der Waals surface area contributed by atoms with Crippen LogP contribution < -0.4 is 4.74 Å². The van der Waals surface area contributed by atoms with Crippen molar-refractivity contribution >= 4 is 21.8 Å². The number of hydrogen-bond acceptors (Lipinski definition) is 3. The Hall–Kier alpha value is -5.94. The van der Waals surface area contributed by atoms with Gasteiger partial charge in [0.05, 0.1) is 16.7 Å². The first kappa shape index (κ1) is 31.3. The fourth-order valence-electron chi connectivity index (χ4n) is 7.17. The minimum absolute atomic E-state index is 0.00470. The summed E-state index contributed by atoms with van der Waals surface area (Å²) in [4.78, 5) is 4.83. The Morgan fingerprint density at radius 3 is 2.14 bits per heavy atom. The standard InChI is InChI=1S/C45H40N4O/c1-29-23-30(2)43(31(3)24-29)44-39(32-13-8-7-9-14-32)28-48(47-44)34-15-12-16-35(26-34)50-36-19-20-38-37-17-10-11-18-40(37)49(41(38)27-36)42-25-33(21-22-46-42)45(4,5)6/h7-28H,1-6H3. The lowest BCUT2D eigenvalue weighted by atomic mass is 9.88. The summed E-state index contributed by atoms with van der Waals surface area (Å²) in [7, 11) is 0. The molecule has 5 aromatic carbocycles. The molecule has 3 heterocycles. The van der Waals surface area contributed by atoms with Crippen LogP contribution in [-0.4, -0.2) is 19.3 Å². The van der Waals surface area contributed by atoms with Crippen LogP contribution in [0.2, 0.25) is 0 Å². The fraction of sp³-hybridized carbons (Fsp3) is 0.156. The first-order valence-corrected chi connectivity index (χ1v) is 17.2. The van der Waals surface area contributed by atoms with Crippen molar-refractivity contribution in [3.63, 3.8) is 0 Å². The molecule has 0 aliphatic heterocycles. The maximum atomic E-state index is 6.60. The van der Waals surface area contributed by atoms with E-state index in [1.165, 1.54) is 33.2 Å². The van der Waals surface area contributed by atoms with Crippen LogP contribution in [0.5, 0.6) is 11.5 Å². The lowest BCUT2D eigenvalue weighted by Gasteiger charge is -2.20. The molecule has 50 heavy (non-hydrogen) atoms. The molecule has 0 spiro atoms. The van der Waals surface area contributed by atoms with Crippen LogP contribution in [-0.2, 0) is 5.41 Å². The molecule has 0 saturated carbocycles. The highest BCUT2D eigenvalue weighted by atomic mass is 16.5. The minimum atomic E-state index is 0.00470. The van der Waals surface area contributed by atoms with E-state index in [0.29, 0.717) is 0 Å². The average Bonchev–Trinajstić information content (AvgIpc) is 3.68. The van der Waals surface area contributed by atoms with E-state index in [9.17, 15) is 0 Å². The van der Waals surface area contributed by atoms with Gasteiger partial charge in [-0.2, -0.15) is 5.10 Å². The molecule has 0 amide bonds. The second-order valence-electron chi connectivity index (χ2n) is 14.3. The Labute approximate surface area is 293 Å². The second-order valence-corrected chi connectivity index (χ2v) is 14.3. The third-order valence-corrected chi connectivity index (χ3v) is 9.52. The fourth-order valence-corrected chi connectivity index (χ4v) is 7.17. The van der Waals surface area contributed by atoms with Crippen molar-refractivity contribution in [2.45, 2.75) is 47.0 Å². The molecule has 0 unspecified atom stereocenters. The number of ether oxygens (including phenoxy) is 1. The van der Waals surface area contributed by atoms with E-state index in [1.807, 2.05) is 35.1 Å². The maximum Gasteiger partial charge on any atom is 0.137 e. The summed E-state index contributed by atoms with van der Waals surface area (Å²) >= 11 is 0. The molecule has 0 fully saturated rings. The summed E-state index contributed by atoms with van der Waals surface area (Å²) in [6.07, 6.45) is 4.04. The third kappa shape index (κ3) is 5.65. The molecular weight excluding hydrogens is 613 g/mol. The summed E-state index contributed by atoms with van der Waals surface area (Å²) in [5.74, 6) is 2.38. The number of aryl methyl sites for hydroxylation is 3. The van der Waals surface area contributed by atoms with E-state index in [-0.39, 0.29) is 5.41 Å². The molecule has 5 heteroatoms. The number of nitrogens with zero attached hydrogens (tertiary/aromatic N) is 4. The van der Waals surface area contributed by atoms with Crippen molar-refractivity contribution in [1.82, 2.24) is 19.3 Å².